The maximum absolute atomic E-state index is 6.25. The maximum atomic E-state index is 6.25. The van der Waals surface area contributed by atoms with Crippen LogP contribution in [0.5, 0.6) is 0 Å². The van der Waals surface area contributed by atoms with Gasteiger partial charge in [0.1, 0.15) is 7.05 Å². The minimum Gasteiger partial charge on any atom is -0.437 e. The predicted molar refractivity (Wildman–Crippen MR) is 113 cm³/mol. The molecule has 2 aromatic carbocycles. The number of hydrogen-bond acceptors (Lipinski definition) is 2. The lowest BCUT2D eigenvalue weighted by Gasteiger charge is -2.09. The van der Waals surface area contributed by atoms with Crippen LogP contribution in [0.25, 0.3) is 44.5 Å². The SMILES string of the molecule is Cc1cc(C)c2c(oc3ncccc32)c1-c1ccc(-c2ccccc2)c[n+]1C. The van der Waals surface area contributed by atoms with Crippen molar-refractivity contribution in [3.8, 4) is 22.4 Å². The van der Waals surface area contributed by atoms with Crippen molar-refractivity contribution >= 4 is 22.1 Å². The normalized spacial score (nSPS) is 11.4. The molecule has 0 bridgehead atoms. The van der Waals surface area contributed by atoms with Crippen LogP contribution >= 0.6 is 0 Å². The Kier molecular flexibility index (Phi) is 3.76. The molecule has 0 radical (unpaired) electrons. The van der Waals surface area contributed by atoms with Gasteiger partial charge in [-0.05, 0) is 48.7 Å². The Morgan fingerprint density at radius 1 is 0.857 bits per heavy atom. The van der Waals surface area contributed by atoms with Gasteiger partial charge in [-0.15, -0.1) is 0 Å². The molecular formula is C25H21N2O+. The molecule has 0 N–H and O–H groups in total. The van der Waals surface area contributed by atoms with E-state index in [0.717, 1.165) is 27.6 Å². The topological polar surface area (TPSA) is 29.9 Å². The third kappa shape index (κ3) is 2.51. The predicted octanol–water partition coefficient (Wildman–Crippen LogP) is 5.76. The molecule has 3 nitrogen and oxygen atoms in total. The van der Waals surface area contributed by atoms with Crippen LogP contribution in [0.3, 0.4) is 0 Å². The van der Waals surface area contributed by atoms with Crippen LogP contribution in [0, 0.1) is 13.8 Å². The number of fused-ring (bicyclic) bond motifs is 3. The van der Waals surface area contributed by atoms with Crippen LogP contribution in [0.2, 0.25) is 0 Å². The second-order valence-corrected chi connectivity index (χ2v) is 7.33. The standard InChI is InChI=1S/C25H21N2O/c1-16-14-17(2)23(24-22(16)20-10-7-13-26-25(20)28-24)21-12-11-19(15-27(21)3)18-8-5-4-6-9-18/h4-15H,1-3H3/q+1. The van der Waals surface area contributed by atoms with E-state index in [-0.39, 0.29) is 0 Å². The highest BCUT2D eigenvalue weighted by Crippen LogP contribution is 2.38. The zero-order valence-electron chi connectivity index (χ0n) is 16.2. The molecule has 0 amide bonds. The molecule has 136 valence electrons. The van der Waals surface area contributed by atoms with Gasteiger partial charge in [0.05, 0.1) is 5.56 Å². The van der Waals surface area contributed by atoms with Gasteiger partial charge < -0.3 is 4.42 Å². The lowest BCUT2D eigenvalue weighted by Crippen LogP contribution is -2.31. The summed E-state index contributed by atoms with van der Waals surface area (Å²) in [6.07, 6.45) is 3.96. The van der Waals surface area contributed by atoms with Gasteiger partial charge in [0, 0.05) is 28.6 Å². The molecule has 0 spiro atoms. The third-order valence-corrected chi connectivity index (χ3v) is 5.41. The smallest absolute Gasteiger partial charge is 0.227 e. The number of aryl methyl sites for hydroxylation is 3. The van der Waals surface area contributed by atoms with E-state index in [9.17, 15) is 0 Å². The summed E-state index contributed by atoms with van der Waals surface area (Å²) in [5, 5.41) is 2.22. The van der Waals surface area contributed by atoms with Gasteiger partial charge in [-0.2, -0.15) is 0 Å². The first-order valence-electron chi connectivity index (χ1n) is 9.46. The fourth-order valence-electron chi connectivity index (χ4n) is 4.14. The van der Waals surface area contributed by atoms with Gasteiger partial charge in [-0.3, -0.25) is 0 Å². The highest BCUT2D eigenvalue weighted by Gasteiger charge is 2.22. The first-order chi connectivity index (χ1) is 13.6. The summed E-state index contributed by atoms with van der Waals surface area (Å²) in [6.45, 7) is 4.28. The molecule has 28 heavy (non-hydrogen) atoms. The van der Waals surface area contributed by atoms with Crippen molar-refractivity contribution in [1.82, 2.24) is 4.98 Å². The van der Waals surface area contributed by atoms with Crippen molar-refractivity contribution in [2.24, 2.45) is 7.05 Å². The number of nitrogens with zero attached hydrogens (tertiary/aromatic N) is 2. The number of furan rings is 1. The molecule has 0 aliphatic heterocycles. The first-order valence-corrected chi connectivity index (χ1v) is 9.46. The Hall–Kier alpha value is -3.46. The van der Waals surface area contributed by atoms with Crippen molar-refractivity contribution in [1.29, 1.82) is 0 Å². The second kappa shape index (κ2) is 6.31. The number of pyridine rings is 2. The molecule has 0 fully saturated rings. The Bertz CT molecular complexity index is 1330. The quantitative estimate of drug-likeness (QED) is 0.373. The van der Waals surface area contributed by atoms with Crippen LogP contribution < -0.4 is 4.57 Å². The largest absolute Gasteiger partial charge is 0.437 e. The van der Waals surface area contributed by atoms with E-state index in [4.69, 9.17) is 4.42 Å². The average Bonchev–Trinajstić information content (AvgIpc) is 3.09. The summed E-state index contributed by atoms with van der Waals surface area (Å²) >= 11 is 0. The van der Waals surface area contributed by atoms with Crippen LogP contribution in [0.4, 0.5) is 0 Å². The molecule has 5 rings (SSSR count). The van der Waals surface area contributed by atoms with E-state index in [1.807, 2.05) is 12.1 Å². The molecular weight excluding hydrogens is 344 g/mol. The van der Waals surface area contributed by atoms with Crippen molar-refractivity contribution in [3.05, 3.63) is 84.2 Å². The van der Waals surface area contributed by atoms with Gasteiger partial charge in [0.15, 0.2) is 11.8 Å². The van der Waals surface area contributed by atoms with Crippen LogP contribution in [0.15, 0.2) is 77.5 Å². The summed E-state index contributed by atoms with van der Waals surface area (Å²) in [5.74, 6) is 0. The molecule has 0 saturated carbocycles. The Balaban J connectivity index is 1.78. The number of benzene rings is 2. The lowest BCUT2D eigenvalue weighted by molar-refractivity contribution is -0.659. The van der Waals surface area contributed by atoms with Crippen LogP contribution in [0.1, 0.15) is 11.1 Å². The number of rotatable bonds is 2. The van der Waals surface area contributed by atoms with Crippen LogP contribution in [-0.2, 0) is 7.05 Å². The number of hydrogen-bond donors (Lipinski definition) is 0. The minimum absolute atomic E-state index is 0.691. The molecule has 0 unspecified atom stereocenters. The Labute approximate surface area is 163 Å². The highest BCUT2D eigenvalue weighted by molar-refractivity contribution is 6.10. The van der Waals surface area contributed by atoms with E-state index in [1.165, 1.54) is 22.3 Å². The van der Waals surface area contributed by atoms with Gasteiger partial charge in [0.2, 0.25) is 11.4 Å². The first kappa shape index (κ1) is 16.7. The molecule has 0 atom stereocenters. The molecule has 3 aromatic heterocycles. The van der Waals surface area contributed by atoms with Crippen molar-refractivity contribution in [2.75, 3.05) is 0 Å². The van der Waals surface area contributed by atoms with E-state index in [1.54, 1.807) is 6.20 Å². The van der Waals surface area contributed by atoms with Gasteiger partial charge >= 0.3 is 0 Å². The van der Waals surface area contributed by atoms with Gasteiger partial charge in [-0.25, -0.2) is 9.55 Å². The summed E-state index contributed by atoms with van der Waals surface area (Å²) < 4.78 is 8.43. The lowest BCUT2D eigenvalue weighted by atomic mass is 9.96. The zero-order valence-corrected chi connectivity index (χ0v) is 16.2. The summed E-state index contributed by atoms with van der Waals surface area (Å²) in [6, 6.07) is 21.1. The van der Waals surface area contributed by atoms with E-state index in [2.05, 4.69) is 85.2 Å². The van der Waals surface area contributed by atoms with Crippen molar-refractivity contribution < 1.29 is 8.98 Å². The highest BCUT2D eigenvalue weighted by atomic mass is 16.3. The maximum Gasteiger partial charge on any atom is 0.227 e. The van der Waals surface area contributed by atoms with Gasteiger partial charge in [0.25, 0.3) is 0 Å². The van der Waals surface area contributed by atoms with Crippen molar-refractivity contribution in [2.45, 2.75) is 13.8 Å². The third-order valence-electron chi connectivity index (χ3n) is 5.41. The van der Waals surface area contributed by atoms with Crippen LogP contribution in [-0.4, -0.2) is 4.98 Å². The van der Waals surface area contributed by atoms with E-state index in [0.29, 0.717) is 5.71 Å². The average molecular weight is 365 g/mol. The van der Waals surface area contributed by atoms with E-state index < -0.39 is 0 Å². The monoisotopic (exact) mass is 365 g/mol. The summed E-state index contributed by atoms with van der Waals surface area (Å²) in [7, 11) is 2.09. The second-order valence-electron chi connectivity index (χ2n) is 7.33. The Morgan fingerprint density at radius 2 is 1.68 bits per heavy atom. The fourth-order valence-corrected chi connectivity index (χ4v) is 4.14. The fraction of sp³-hybridized carbons (Fsp3) is 0.120. The Morgan fingerprint density at radius 3 is 2.46 bits per heavy atom. The van der Waals surface area contributed by atoms with Gasteiger partial charge in [-0.1, -0.05) is 36.4 Å². The number of aromatic nitrogens is 2. The molecule has 3 heterocycles. The molecule has 0 saturated heterocycles. The summed E-state index contributed by atoms with van der Waals surface area (Å²) in [4.78, 5) is 4.43. The zero-order chi connectivity index (χ0) is 19.3. The molecule has 5 aromatic rings. The molecule has 3 heteroatoms. The van der Waals surface area contributed by atoms with E-state index >= 15 is 0 Å². The minimum atomic E-state index is 0.691. The van der Waals surface area contributed by atoms with Crippen molar-refractivity contribution in [3.63, 3.8) is 0 Å². The summed E-state index contributed by atoms with van der Waals surface area (Å²) in [5.41, 5.74) is 8.67. The molecule has 0 aliphatic carbocycles. The molecule has 0 aliphatic rings.